The quantitative estimate of drug-likeness (QED) is 0.596. The molecule has 4 aromatic rings. The number of hydrogen-bond acceptors (Lipinski definition) is 2. The lowest BCUT2D eigenvalue weighted by atomic mass is 9.98. The fourth-order valence-corrected chi connectivity index (χ4v) is 3.35. The van der Waals surface area contributed by atoms with Crippen molar-refractivity contribution in [2.45, 2.75) is 5.92 Å². The first kappa shape index (κ1) is 13.4. The van der Waals surface area contributed by atoms with Gasteiger partial charge in [0.2, 0.25) is 0 Å². The highest BCUT2D eigenvalue weighted by molar-refractivity contribution is 5.98. The first-order valence-corrected chi connectivity index (χ1v) is 8.09. The Morgan fingerprint density at radius 2 is 1.96 bits per heavy atom. The van der Waals surface area contributed by atoms with Crippen LogP contribution in [0.15, 0.2) is 54.7 Å². The van der Waals surface area contributed by atoms with Crippen LogP contribution in [0.1, 0.15) is 22.1 Å². The van der Waals surface area contributed by atoms with E-state index in [-0.39, 0.29) is 11.8 Å². The molecule has 5 heteroatoms. The Morgan fingerprint density at radius 3 is 2.83 bits per heavy atom. The number of para-hydroxylation sites is 2. The van der Waals surface area contributed by atoms with Gasteiger partial charge in [0, 0.05) is 30.4 Å². The molecule has 1 fully saturated rings. The Hall–Kier alpha value is -3.08. The third-order valence-corrected chi connectivity index (χ3v) is 4.77. The van der Waals surface area contributed by atoms with Crippen molar-refractivity contribution in [2.24, 2.45) is 0 Å². The maximum atomic E-state index is 12.6. The number of nitrogens with one attached hydrogen (secondary N) is 2. The summed E-state index contributed by atoms with van der Waals surface area (Å²) in [6, 6.07) is 15.8. The summed E-state index contributed by atoms with van der Waals surface area (Å²) in [5.41, 5.74) is 3.76. The number of likely N-dealkylation sites (tertiary alicyclic amines) is 1. The minimum atomic E-state index is 0.0823. The normalized spacial score (nSPS) is 15.1. The number of hydrogen-bond donors (Lipinski definition) is 2. The fourth-order valence-electron chi connectivity index (χ4n) is 3.35. The maximum absolute atomic E-state index is 12.6. The van der Waals surface area contributed by atoms with E-state index in [1.54, 1.807) is 0 Å². The van der Waals surface area contributed by atoms with Gasteiger partial charge in [-0.1, -0.05) is 18.2 Å². The molecule has 0 aliphatic carbocycles. The van der Waals surface area contributed by atoms with E-state index in [1.807, 2.05) is 59.6 Å². The van der Waals surface area contributed by atoms with Gasteiger partial charge in [0.25, 0.3) is 5.91 Å². The number of aromatic nitrogens is 3. The highest BCUT2D eigenvalue weighted by atomic mass is 16.2. The Labute approximate surface area is 138 Å². The molecule has 2 aromatic carbocycles. The number of rotatable bonds is 2. The van der Waals surface area contributed by atoms with Gasteiger partial charge < -0.3 is 14.9 Å². The van der Waals surface area contributed by atoms with E-state index in [1.165, 1.54) is 0 Å². The van der Waals surface area contributed by atoms with Crippen molar-refractivity contribution in [2.75, 3.05) is 13.1 Å². The Kier molecular flexibility index (Phi) is 2.76. The molecule has 0 unspecified atom stereocenters. The molecule has 0 bridgehead atoms. The molecule has 2 N–H and O–H groups in total. The molecule has 1 saturated heterocycles. The van der Waals surface area contributed by atoms with Crippen molar-refractivity contribution in [3.63, 3.8) is 0 Å². The van der Waals surface area contributed by atoms with Crippen molar-refractivity contribution in [1.82, 2.24) is 19.9 Å². The van der Waals surface area contributed by atoms with E-state index in [4.69, 9.17) is 0 Å². The summed E-state index contributed by atoms with van der Waals surface area (Å²) in [6.45, 7) is 1.42. The summed E-state index contributed by atoms with van der Waals surface area (Å²) in [4.78, 5) is 25.7. The maximum Gasteiger partial charge on any atom is 0.253 e. The standard InChI is InChI=1S/C19H16N4O/c24-19(13-6-5-12-7-8-20-17(12)9-13)23-10-14(11-23)18-21-15-3-1-2-4-16(15)22-18/h1-9,14,20H,10-11H2,(H,21,22). The van der Waals surface area contributed by atoms with E-state index in [2.05, 4.69) is 15.0 Å². The van der Waals surface area contributed by atoms with E-state index in [9.17, 15) is 4.79 Å². The highest BCUT2D eigenvalue weighted by Crippen LogP contribution is 2.28. The van der Waals surface area contributed by atoms with E-state index >= 15 is 0 Å². The summed E-state index contributed by atoms with van der Waals surface area (Å²) < 4.78 is 0. The van der Waals surface area contributed by atoms with Crippen molar-refractivity contribution in [3.05, 3.63) is 66.1 Å². The van der Waals surface area contributed by atoms with Crippen LogP contribution in [0.4, 0.5) is 0 Å². The molecule has 2 aromatic heterocycles. The molecule has 5 nitrogen and oxygen atoms in total. The average molecular weight is 316 g/mol. The molecule has 5 rings (SSSR count). The first-order chi connectivity index (χ1) is 11.8. The van der Waals surface area contributed by atoms with Crippen LogP contribution < -0.4 is 0 Å². The molecular formula is C19H16N4O. The number of aromatic amines is 2. The van der Waals surface area contributed by atoms with E-state index in [0.717, 1.165) is 33.3 Å². The number of nitrogens with zero attached hydrogens (tertiary/aromatic N) is 2. The summed E-state index contributed by atoms with van der Waals surface area (Å²) in [7, 11) is 0. The second-order valence-corrected chi connectivity index (χ2v) is 6.33. The van der Waals surface area contributed by atoms with Crippen molar-refractivity contribution in [3.8, 4) is 0 Å². The minimum Gasteiger partial charge on any atom is -0.361 e. The topological polar surface area (TPSA) is 64.8 Å². The van der Waals surface area contributed by atoms with Crippen LogP contribution in [0.5, 0.6) is 0 Å². The summed E-state index contributed by atoms with van der Waals surface area (Å²) in [5.74, 6) is 1.34. The summed E-state index contributed by atoms with van der Waals surface area (Å²) in [6.07, 6.45) is 1.89. The smallest absolute Gasteiger partial charge is 0.253 e. The molecule has 0 spiro atoms. The predicted octanol–water partition coefficient (Wildman–Crippen LogP) is 3.28. The van der Waals surface area contributed by atoms with Crippen LogP contribution in [-0.2, 0) is 0 Å². The van der Waals surface area contributed by atoms with Gasteiger partial charge in [0.15, 0.2) is 0 Å². The summed E-state index contributed by atoms with van der Waals surface area (Å²) in [5, 5.41) is 1.12. The number of benzene rings is 2. The number of amides is 1. The Bertz CT molecular complexity index is 1020. The number of carbonyl (C=O) groups excluding carboxylic acids is 1. The molecule has 118 valence electrons. The number of H-pyrrole nitrogens is 2. The summed E-state index contributed by atoms with van der Waals surface area (Å²) >= 11 is 0. The average Bonchev–Trinajstić information content (AvgIpc) is 3.18. The molecule has 1 amide bonds. The minimum absolute atomic E-state index is 0.0823. The van der Waals surface area contributed by atoms with Crippen molar-refractivity contribution >= 4 is 27.8 Å². The van der Waals surface area contributed by atoms with E-state index in [0.29, 0.717) is 13.1 Å². The van der Waals surface area contributed by atoms with Crippen LogP contribution >= 0.6 is 0 Å². The number of fused-ring (bicyclic) bond motifs is 2. The molecule has 0 radical (unpaired) electrons. The Balaban J connectivity index is 1.34. The van der Waals surface area contributed by atoms with E-state index < -0.39 is 0 Å². The van der Waals surface area contributed by atoms with Crippen LogP contribution in [-0.4, -0.2) is 38.8 Å². The van der Waals surface area contributed by atoms with Gasteiger partial charge in [-0.3, -0.25) is 4.79 Å². The molecule has 24 heavy (non-hydrogen) atoms. The van der Waals surface area contributed by atoms with Gasteiger partial charge in [-0.25, -0.2) is 4.98 Å². The number of imidazole rings is 1. The second-order valence-electron chi connectivity index (χ2n) is 6.33. The molecule has 0 atom stereocenters. The van der Waals surface area contributed by atoms with Crippen LogP contribution in [0.3, 0.4) is 0 Å². The molecule has 1 aliphatic heterocycles. The molecular weight excluding hydrogens is 300 g/mol. The van der Waals surface area contributed by atoms with Crippen LogP contribution in [0.2, 0.25) is 0 Å². The number of carbonyl (C=O) groups is 1. The third kappa shape index (κ3) is 2.01. The zero-order valence-electron chi connectivity index (χ0n) is 13.0. The van der Waals surface area contributed by atoms with Gasteiger partial charge in [0.05, 0.1) is 17.0 Å². The zero-order chi connectivity index (χ0) is 16.1. The van der Waals surface area contributed by atoms with Gasteiger partial charge in [-0.05, 0) is 35.7 Å². The van der Waals surface area contributed by atoms with Gasteiger partial charge in [0.1, 0.15) is 5.82 Å². The zero-order valence-corrected chi connectivity index (χ0v) is 13.0. The SMILES string of the molecule is O=C(c1ccc2cc[nH]c2c1)N1CC(c2nc3ccccc3[nH]2)C1. The molecule has 0 saturated carbocycles. The first-order valence-electron chi connectivity index (χ1n) is 8.09. The fraction of sp³-hybridized carbons (Fsp3) is 0.158. The molecule has 1 aliphatic rings. The van der Waals surface area contributed by atoms with Gasteiger partial charge in [-0.15, -0.1) is 0 Å². The van der Waals surface area contributed by atoms with Gasteiger partial charge >= 0.3 is 0 Å². The Morgan fingerprint density at radius 1 is 1.08 bits per heavy atom. The van der Waals surface area contributed by atoms with Crippen LogP contribution in [0.25, 0.3) is 21.9 Å². The molecule has 3 heterocycles. The monoisotopic (exact) mass is 316 g/mol. The van der Waals surface area contributed by atoms with Crippen molar-refractivity contribution < 1.29 is 4.79 Å². The predicted molar refractivity (Wildman–Crippen MR) is 93.0 cm³/mol. The van der Waals surface area contributed by atoms with Crippen molar-refractivity contribution in [1.29, 1.82) is 0 Å². The lowest BCUT2D eigenvalue weighted by Gasteiger charge is -2.38. The highest BCUT2D eigenvalue weighted by Gasteiger charge is 2.34. The van der Waals surface area contributed by atoms with Gasteiger partial charge in [-0.2, -0.15) is 0 Å². The largest absolute Gasteiger partial charge is 0.361 e. The third-order valence-electron chi connectivity index (χ3n) is 4.77. The van der Waals surface area contributed by atoms with Crippen LogP contribution in [0, 0.1) is 0 Å². The lowest BCUT2D eigenvalue weighted by molar-refractivity contribution is 0.0596. The lowest BCUT2D eigenvalue weighted by Crippen LogP contribution is -2.48. The second kappa shape index (κ2) is 4.96.